The zero-order valence-corrected chi connectivity index (χ0v) is 9.62. The van der Waals surface area contributed by atoms with E-state index < -0.39 is 16.0 Å². The van der Waals surface area contributed by atoms with Crippen LogP contribution in [-0.2, 0) is 21.2 Å². The Morgan fingerprint density at radius 2 is 2.00 bits per heavy atom. The normalized spacial score (nSPS) is 10.6. The van der Waals surface area contributed by atoms with Crippen LogP contribution in [0.25, 0.3) is 0 Å². The smallest absolute Gasteiger partial charge is 0.307 e. The molecule has 0 aromatic heterocycles. The van der Waals surface area contributed by atoms with Gasteiger partial charge in [0.2, 0.25) is 10.0 Å². The number of primary sulfonamides is 1. The SMILES string of the molecule is Cc1ccc(S(N)(=O)=O)c(CC(=O)O)c1.N. The van der Waals surface area contributed by atoms with Crippen molar-refractivity contribution in [3.8, 4) is 0 Å². The zero-order chi connectivity index (χ0) is 11.6. The van der Waals surface area contributed by atoms with Gasteiger partial charge in [-0.1, -0.05) is 17.7 Å². The largest absolute Gasteiger partial charge is 0.481 e. The Hall–Kier alpha value is -1.44. The minimum Gasteiger partial charge on any atom is -0.481 e. The Morgan fingerprint density at radius 3 is 2.44 bits per heavy atom. The van der Waals surface area contributed by atoms with Crippen molar-refractivity contribution >= 4 is 16.0 Å². The Bertz CT molecular complexity index is 496. The average Bonchev–Trinajstić information content (AvgIpc) is 1.99. The van der Waals surface area contributed by atoms with Gasteiger partial charge in [-0.25, -0.2) is 13.6 Å². The maximum absolute atomic E-state index is 11.1. The quantitative estimate of drug-likeness (QED) is 0.711. The molecule has 1 aromatic rings. The third kappa shape index (κ3) is 3.61. The van der Waals surface area contributed by atoms with Gasteiger partial charge in [0.25, 0.3) is 0 Å². The van der Waals surface area contributed by atoms with Gasteiger partial charge in [-0.15, -0.1) is 0 Å². The first kappa shape index (κ1) is 14.6. The van der Waals surface area contributed by atoms with Gasteiger partial charge in [0.1, 0.15) is 0 Å². The van der Waals surface area contributed by atoms with E-state index in [0.29, 0.717) is 0 Å². The third-order valence-corrected chi connectivity index (χ3v) is 2.88. The van der Waals surface area contributed by atoms with E-state index in [1.165, 1.54) is 12.1 Å². The molecule has 0 unspecified atom stereocenters. The Balaban J connectivity index is 0.00000225. The molecule has 6 N–H and O–H groups in total. The molecule has 0 radical (unpaired) electrons. The van der Waals surface area contributed by atoms with Gasteiger partial charge in [-0.05, 0) is 18.6 Å². The van der Waals surface area contributed by atoms with E-state index in [0.717, 1.165) is 5.56 Å². The Kier molecular flexibility index (Phi) is 4.61. The summed E-state index contributed by atoms with van der Waals surface area (Å²) in [6.07, 6.45) is -0.354. The Morgan fingerprint density at radius 1 is 1.44 bits per heavy atom. The van der Waals surface area contributed by atoms with Crippen LogP contribution in [0.1, 0.15) is 11.1 Å². The first-order valence-electron chi connectivity index (χ1n) is 4.15. The van der Waals surface area contributed by atoms with Crippen molar-refractivity contribution in [1.82, 2.24) is 6.15 Å². The van der Waals surface area contributed by atoms with Gasteiger partial charge in [0.15, 0.2) is 0 Å². The molecule has 7 heteroatoms. The molecule has 0 heterocycles. The third-order valence-electron chi connectivity index (χ3n) is 1.86. The number of hydrogen-bond donors (Lipinski definition) is 3. The zero-order valence-electron chi connectivity index (χ0n) is 8.80. The molecular formula is C9H14N2O4S. The summed E-state index contributed by atoms with van der Waals surface area (Å²) < 4.78 is 22.3. The maximum atomic E-state index is 11.1. The number of aliphatic carboxylic acids is 1. The van der Waals surface area contributed by atoms with E-state index in [1.807, 2.05) is 0 Å². The summed E-state index contributed by atoms with van der Waals surface area (Å²) >= 11 is 0. The highest BCUT2D eigenvalue weighted by Crippen LogP contribution is 2.16. The molecule has 0 amide bonds. The number of carbonyl (C=O) groups is 1. The van der Waals surface area contributed by atoms with Gasteiger partial charge in [-0.2, -0.15) is 0 Å². The number of carboxylic acids is 1. The number of benzene rings is 1. The van der Waals surface area contributed by atoms with Crippen molar-refractivity contribution < 1.29 is 18.3 Å². The predicted octanol–water partition coefficient (Wildman–Crippen LogP) is 0.432. The second kappa shape index (κ2) is 5.06. The van der Waals surface area contributed by atoms with E-state index in [-0.39, 0.29) is 23.0 Å². The molecule has 0 spiro atoms. The molecule has 1 aromatic carbocycles. The van der Waals surface area contributed by atoms with Gasteiger partial charge in [-0.3, -0.25) is 4.79 Å². The molecule has 0 aliphatic heterocycles. The van der Waals surface area contributed by atoms with Gasteiger partial charge in [0, 0.05) is 0 Å². The molecule has 0 atom stereocenters. The topological polar surface area (TPSA) is 132 Å². The van der Waals surface area contributed by atoms with Crippen molar-refractivity contribution in [3.63, 3.8) is 0 Å². The van der Waals surface area contributed by atoms with Crippen LogP contribution >= 0.6 is 0 Å². The lowest BCUT2D eigenvalue weighted by Gasteiger charge is -2.06. The fourth-order valence-electron chi connectivity index (χ4n) is 1.29. The summed E-state index contributed by atoms with van der Waals surface area (Å²) in [5, 5.41) is 13.6. The monoisotopic (exact) mass is 246 g/mol. The molecular weight excluding hydrogens is 232 g/mol. The molecule has 0 fully saturated rings. The van der Waals surface area contributed by atoms with Gasteiger partial charge < -0.3 is 11.3 Å². The average molecular weight is 246 g/mol. The second-order valence-electron chi connectivity index (χ2n) is 3.23. The van der Waals surface area contributed by atoms with Crippen LogP contribution in [0, 0.1) is 6.92 Å². The summed E-state index contributed by atoms with van der Waals surface area (Å²) in [6, 6.07) is 4.40. The number of nitrogens with two attached hydrogens (primary N) is 1. The molecule has 90 valence electrons. The first-order valence-corrected chi connectivity index (χ1v) is 5.69. The number of hydrogen-bond acceptors (Lipinski definition) is 4. The molecule has 1 rings (SSSR count). The minimum atomic E-state index is -3.86. The van der Waals surface area contributed by atoms with E-state index >= 15 is 0 Å². The van der Waals surface area contributed by atoms with Crippen LogP contribution in [0.4, 0.5) is 0 Å². The van der Waals surface area contributed by atoms with Crippen LogP contribution in [0.2, 0.25) is 0 Å². The molecule has 0 saturated heterocycles. The van der Waals surface area contributed by atoms with Gasteiger partial charge in [0.05, 0.1) is 11.3 Å². The highest BCUT2D eigenvalue weighted by atomic mass is 32.2. The summed E-state index contributed by atoms with van der Waals surface area (Å²) in [5.74, 6) is -1.09. The standard InChI is InChI=1S/C9H11NO4S.H3N/c1-6-2-3-8(15(10,13)14)7(4-6)5-9(11)12;/h2-4H,5H2,1H3,(H,11,12)(H2,10,13,14);1H3. The van der Waals surface area contributed by atoms with Crippen molar-refractivity contribution in [1.29, 1.82) is 0 Å². The number of sulfonamides is 1. The first-order chi connectivity index (χ1) is 6.80. The lowest BCUT2D eigenvalue weighted by atomic mass is 10.1. The predicted molar refractivity (Wildman–Crippen MR) is 58.9 cm³/mol. The van der Waals surface area contributed by atoms with Crippen LogP contribution < -0.4 is 11.3 Å². The van der Waals surface area contributed by atoms with Crippen LogP contribution in [-0.4, -0.2) is 19.5 Å². The van der Waals surface area contributed by atoms with Crippen molar-refractivity contribution in [2.24, 2.45) is 5.14 Å². The van der Waals surface area contributed by atoms with Crippen LogP contribution in [0.15, 0.2) is 23.1 Å². The van der Waals surface area contributed by atoms with E-state index in [4.69, 9.17) is 10.2 Å². The molecule has 6 nitrogen and oxygen atoms in total. The van der Waals surface area contributed by atoms with Crippen molar-refractivity contribution in [2.45, 2.75) is 18.2 Å². The lowest BCUT2D eigenvalue weighted by Crippen LogP contribution is -2.16. The summed E-state index contributed by atoms with van der Waals surface area (Å²) in [4.78, 5) is 10.4. The minimum absolute atomic E-state index is 0. The molecule has 0 saturated carbocycles. The number of aryl methyl sites for hydroxylation is 1. The fourth-order valence-corrected chi connectivity index (χ4v) is 2.04. The van der Waals surface area contributed by atoms with Gasteiger partial charge >= 0.3 is 5.97 Å². The molecule has 0 aliphatic rings. The molecule has 0 aliphatic carbocycles. The Labute approximate surface area is 93.7 Å². The number of rotatable bonds is 3. The van der Waals surface area contributed by atoms with Crippen molar-refractivity contribution in [3.05, 3.63) is 29.3 Å². The fraction of sp³-hybridized carbons (Fsp3) is 0.222. The summed E-state index contributed by atoms with van der Waals surface area (Å²) in [5.41, 5.74) is 1.00. The second-order valence-corrected chi connectivity index (χ2v) is 4.76. The van der Waals surface area contributed by atoms with E-state index in [1.54, 1.807) is 13.0 Å². The summed E-state index contributed by atoms with van der Waals surface area (Å²) in [7, 11) is -3.86. The maximum Gasteiger partial charge on any atom is 0.307 e. The highest BCUT2D eigenvalue weighted by Gasteiger charge is 2.15. The van der Waals surface area contributed by atoms with Crippen molar-refractivity contribution in [2.75, 3.05) is 0 Å². The highest BCUT2D eigenvalue weighted by molar-refractivity contribution is 7.89. The lowest BCUT2D eigenvalue weighted by molar-refractivity contribution is -0.136. The van der Waals surface area contributed by atoms with E-state index in [9.17, 15) is 13.2 Å². The van der Waals surface area contributed by atoms with Crippen LogP contribution in [0.3, 0.4) is 0 Å². The number of carboxylic acid groups (broad SMARTS) is 1. The van der Waals surface area contributed by atoms with E-state index in [2.05, 4.69) is 0 Å². The van der Waals surface area contributed by atoms with Crippen LogP contribution in [0.5, 0.6) is 0 Å². The summed E-state index contributed by atoms with van der Waals surface area (Å²) in [6.45, 7) is 1.75. The molecule has 0 bridgehead atoms. The molecule has 16 heavy (non-hydrogen) atoms.